The van der Waals surface area contributed by atoms with E-state index in [1.807, 2.05) is 38.1 Å². The normalized spacial score (nSPS) is 22.3. The molecule has 144 valence electrons. The van der Waals surface area contributed by atoms with Crippen LogP contribution in [-0.4, -0.2) is 40.8 Å². The molecule has 2 aromatic rings. The number of aromatic nitrogens is 2. The van der Waals surface area contributed by atoms with E-state index in [1.54, 1.807) is 6.92 Å². The lowest BCUT2D eigenvalue weighted by atomic mass is 9.93. The fourth-order valence-corrected chi connectivity index (χ4v) is 3.29. The van der Waals surface area contributed by atoms with Gasteiger partial charge in [0.15, 0.2) is 6.29 Å². The van der Waals surface area contributed by atoms with Crippen LogP contribution >= 0.6 is 0 Å². The molecule has 0 spiro atoms. The fourth-order valence-electron chi connectivity index (χ4n) is 3.29. The Labute approximate surface area is 158 Å². The highest BCUT2D eigenvalue weighted by atomic mass is 16.5. The molecular weight excluding hydrogens is 346 g/mol. The van der Waals surface area contributed by atoms with Crippen LogP contribution in [0.5, 0.6) is 0 Å². The summed E-state index contributed by atoms with van der Waals surface area (Å²) in [5.74, 6) is -0.244. The third kappa shape index (κ3) is 4.51. The summed E-state index contributed by atoms with van der Waals surface area (Å²) in [6, 6.07) is 7.68. The van der Waals surface area contributed by atoms with Crippen molar-refractivity contribution in [1.82, 2.24) is 20.6 Å². The van der Waals surface area contributed by atoms with Gasteiger partial charge in [0.2, 0.25) is 11.9 Å². The number of rotatable bonds is 6. The number of nitrogens with one attached hydrogen (secondary N) is 3. The number of esters is 1. The maximum Gasteiger partial charge on any atom is 0.305 e. The molecule has 8 nitrogen and oxygen atoms in total. The second-order valence-electron chi connectivity index (χ2n) is 6.64. The van der Waals surface area contributed by atoms with Gasteiger partial charge in [-0.15, -0.1) is 0 Å². The molecule has 8 heteroatoms. The van der Waals surface area contributed by atoms with E-state index < -0.39 is 6.29 Å². The van der Waals surface area contributed by atoms with Crippen molar-refractivity contribution in [3.63, 3.8) is 0 Å². The van der Waals surface area contributed by atoms with Crippen LogP contribution in [0.1, 0.15) is 32.4 Å². The second-order valence-corrected chi connectivity index (χ2v) is 6.64. The Kier molecular flexibility index (Phi) is 5.85. The van der Waals surface area contributed by atoms with Gasteiger partial charge in [-0.2, -0.15) is 0 Å². The van der Waals surface area contributed by atoms with Gasteiger partial charge in [-0.3, -0.25) is 14.9 Å². The predicted octanol–water partition coefficient (Wildman–Crippen LogP) is 1.70. The Hall–Kier alpha value is -2.74. The smallest absolute Gasteiger partial charge is 0.305 e. The van der Waals surface area contributed by atoms with Crippen molar-refractivity contribution in [1.29, 1.82) is 0 Å². The summed E-state index contributed by atoms with van der Waals surface area (Å²) in [5, 5.41) is 10.3. The van der Waals surface area contributed by atoms with Crippen LogP contribution in [0.15, 0.2) is 24.3 Å². The van der Waals surface area contributed by atoms with Crippen molar-refractivity contribution in [2.45, 2.75) is 45.9 Å². The highest BCUT2D eigenvalue weighted by Crippen LogP contribution is 2.19. The van der Waals surface area contributed by atoms with E-state index in [2.05, 4.69) is 25.9 Å². The zero-order valence-corrected chi connectivity index (χ0v) is 15.8. The molecule has 0 bridgehead atoms. The summed E-state index contributed by atoms with van der Waals surface area (Å²) >= 11 is 0. The number of fused-ring (bicyclic) bond motifs is 1. The molecule has 1 aromatic heterocycles. The minimum absolute atomic E-state index is 0.104. The summed E-state index contributed by atoms with van der Waals surface area (Å²) in [6.07, 6.45) is 0.187. The van der Waals surface area contributed by atoms with Crippen LogP contribution < -0.4 is 16.0 Å². The van der Waals surface area contributed by atoms with Gasteiger partial charge in [-0.05, 0) is 33.3 Å². The standard InChI is InChI=1S/C19H25N5O3/c1-4-27-16(25)10-9-14-12(3)21-19(23-17(14)26)24-18-20-11(2)13-7-5-6-8-15(13)22-18/h5-8,12,14,19,21H,4,9-10H2,1-3H3,(H,23,26)(H,20,22,24). The molecule has 1 aliphatic heterocycles. The second kappa shape index (κ2) is 8.30. The highest BCUT2D eigenvalue weighted by Gasteiger charge is 2.33. The fraction of sp³-hybridized carbons (Fsp3) is 0.474. The molecule has 2 heterocycles. The van der Waals surface area contributed by atoms with Crippen molar-refractivity contribution in [2.75, 3.05) is 11.9 Å². The van der Waals surface area contributed by atoms with Crippen LogP contribution in [0.25, 0.3) is 10.9 Å². The number of hydrogen-bond acceptors (Lipinski definition) is 7. The lowest BCUT2D eigenvalue weighted by molar-refractivity contribution is -0.143. The lowest BCUT2D eigenvalue weighted by Gasteiger charge is -2.35. The van der Waals surface area contributed by atoms with Crippen LogP contribution in [0.3, 0.4) is 0 Å². The van der Waals surface area contributed by atoms with Gasteiger partial charge in [-0.1, -0.05) is 18.2 Å². The number of para-hydroxylation sites is 1. The molecule has 1 saturated heterocycles. The summed E-state index contributed by atoms with van der Waals surface area (Å²) in [4.78, 5) is 33.0. The summed E-state index contributed by atoms with van der Waals surface area (Å²) in [7, 11) is 0. The van der Waals surface area contributed by atoms with E-state index in [1.165, 1.54) is 0 Å². The van der Waals surface area contributed by atoms with Crippen molar-refractivity contribution < 1.29 is 14.3 Å². The van der Waals surface area contributed by atoms with E-state index in [9.17, 15) is 9.59 Å². The lowest BCUT2D eigenvalue weighted by Crippen LogP contribution is -2.63. The molecule has 3 rings (SSSR count). The molecule has 1 aromatic carbocycles. The first-order valence-electron chi connectivity index (χ1n) is 9.20. The summed E-state index contributed by atoms with van der Waals surface area (Å²) < 4.78 is 4.93. The Morgan fingerprint density at radius 2 is 2.07 bits per heavy atom. The molecule has 1 amide bonds. The molecule has 0 aliphatic carbocycles. The molecule has 3 unspecified atom stereocenters. The number of aryl methyl sites for hydroxylation is 1. The van der Waals surface area contributed by atoms with E-state index in [-0.39, 0.29) is 30.3 Å². The average Bonchev–Trinajstić information content (AvgIpc) is 2.61. The van der Waals surface area contributed by atoms with E-state index in [0.717, 1.165) is 16.6 Å². The topological polar surface area (TPSA) is 105 Å². The van der Waals surface area contributed by atoms with Gasteiger partial charge < -0.3 is 15.4 Å². The van der Waals surface area contributed by atoms with Crippen molar-refractivity contribution >= 4 is 28.7 Å². The minimum atomic E-state index is -0.480. The highest BCUT2D eigenvalue weighted by molar-refractivity contribution is 5.83. The Bertz CT molecular complexity index is 841. The van der Waals surface area contributed by atoms with Crippen molar-refractivity contribution in [2.24, 2.45) is 5.92 Å². The number of ether oxygens (including phenoxy) is 1. The predicted molar refractivity (Wildman–Crippen MR) is 102 cm³/mol. The average molecular weight is 371 g/mol. The molecule has 3 N–H and O–H groups in total. The number of nitrogens with zero attached hydrogens (tertiary/aromatic N) is 2. The van der Waals surface area contributed by atoms with Gasteiger partial charge in [0, 0.05) is 17.8 Å². The zero-order valence-electron chi connectivity index (χ0n) is 15.8. The number of amides is 1. The minimum Gasteiger partial charge on any atom is -0.466 e. The van der Waals surface area contributed by atoms with Crippen LogP contribution in [0.4, 0.5) is 5.95 Å². The number of benzene rings is 1. The van der Waals surface area contributed by atoms with Crippen LogP contribution in [0.2, 0.25) is 0 Å². The van der Waals surface area contributed by atoms with Gasteiger partial charge in [-0.25, -0.2) is 9.97 Å². The largest absolute Gasteiger partial charge is 0.466 e. The Morgan fingerprint density at radius 3 is 2.81 bits per heavy atom. The Morgan fingerprint density at radius 1 is 1.30 bits per heavy atom. The van der Waals surface area contributed by atoms with E-state index >= 15 is 0 Å². The molecule has 3 atom stereocenters. The quantitative estimate of drug-likeness (QED) is 0.664. The molecule has 1 aliphatic rings. The number of carbonyl (C=O) groups is 2. The maximum atomic E-state index is 12.5. The number of carbonyl (C=O) groups excluding carboxylic acids is 2. The first-order chi connectivity index (χ1) is 13.0. The number of hydrogen-bond donors (Lipinski definition) is 3. The number of anilines is 1. The first-order valence-corrected chi connectivity index (χ1v) is 9.20. The maximum absolute atomic E-state index is 12.5. The Balaban J connectivity index is 1.63. The van der Waals surface area contributed by atoms with Crippen molar-refractivity contribution in [3.05, 3.63) is 30.0 Å². The van der Waals surface area contributed by atoms with E-state index in [4.69, 9.17) is 4.74 Å². The van der Waals surface area contributed by atoms with Gasteiger partial charge in [0.05, 0.1) is 23.7 Å². The third-order valence-electron chi connectivity index (χ3n) is 4.69. The van der Waals surface area contributed by atoms with Crippen molar-refractivity contribution in [3.8, 4) is 0 Å². The molecule has 1 fully saturated rings. The van der Waals surface area contributed by atoms with Gasteiger partial charge in [0.1, 0.15) is 0 Å². The molecule has 0 saturated carbocycles. The third-order valence-corrected chi connectivity index (χ3v) is 4.69. The SMILES string of the molecule is CCOC(=O)CCC1C(=O)NC(Nc2nc(C)c3ccccc3n2)NC1C. The van der Waals surface area contributed by atoms with E-state index in [0.29, 0.717) is 19.0 Å². The van der Waals surface area contributed by atoms with Crippen LogP contribution in [0, 0.1) is 12.8 Å². The van der Waals surface area contributed by atoms with Gasteiger partial charge in [0.25, 0.3) is 0 Å². The van der Waals surface area contributed by atoms with Gasteiger partial charge >= 0.3 is 5.97 Å². The first kappa shape index (κ1) is 19.0. The summed E-state index contributed by atoms with van der Waals surface area (Å²) in [6.45, 7) is 5.97. The molecular formula is C19H25N5O3. The van der Waals surface area contributed by atoms with Crippen LogP contribution in [-0.2, 0) is 14.3 Å². The molecule has 0 radical (unpaired) electrons. The zero-order chi connectivity index (χ0) is 19.4. The molecule has 27 heavy (non-hydrogen) atoms. The summed E-state index contributed by atoms with van der Waals surface area (Å²) in [5.41, 5.74) is 1.71. The monoisotopic (exact) mass is 371 g/mol.